The second-order valence-electron chi connectivity index (χ2n) is 3.34. The molecule has 0 fully saturated rings. The molecule has 0 radical (unpaired) electrons. The smallest absolute Gasteiger partial charge is 0.148 e. The normalized spacial score (nSPS) is 10.3. The molecule has 1 aromatic carbocycles. The van der Waals surface area contributed by atoms with Crippen molar-refractivity contribution in [3.63, 3.8) is 0 Å². The first-order chi connectivity index (χ1) is 8.16. The number of rotatable bonds is 3. The third-order valence-electron chi connectivity index (χ3n) is 2.11. The van der Waals surface area contributed by atoms with Crippen LogP contribution in [-0.4, -0.2) is 4.98 Å². The molecule has 2 rings (SSSR count). The van der Waals surface area contributed by atoms with Crippen molar-refractivity contribution < 1.29 is 9.13 Å². The van der Waals surface area contributed by atoms with Crippen molar-refractivity contribution >= 4 is 27.5 Å². The van der Waals surface area contributed by atoms with Gasteiger partial charge in [0.05, 0.1) is 11.2 Å². The van der Waals surface area contributed by atoms with Crippen molar-refractivity contribution in [1.82, 2.24) is 4.98 Å². The molecular weight excluding hydrogens is 308 g/mol. The van der Waals surface area contributed by atoms with Gasteiger partial charge in [-0.15, -0.1) is 0 Å². The van der Waals surface area contributed by atoms with E-state index in [2.05, 4.69) is 20.9 Å². The lowest BCUT2D eigenvalue weighted by molar-refractivity contribution is 0.298. The maximum atomic E-state index is 13.5. The molecule has 0 atom stereocenters. The molecule has 0 saturated carbocycles. The number of hydrogen-bond donors (Lipinski definition) is 0. The van der Waals surface area contributed by atoms with E-state index in [9.17, 15) is 4.39 Å². The molecule has 1 heterocycles. The summed E-state index contributed by atoms with van der Waals surface area (Å²) >= 11 is 8.95. The van der Waals surface area contributed by atoms with Gasteiger partial charge in [0.1, 0.15) is 18.2 Å². The van der Waals surface area contributed by atoms with Gasteiger partial charge in [0, 0.05) is 16.2 Å². The summed E-state index contributed by atoms with van der Waals surface area (Å²) in [5.74, 6) is 0.121. The minimum absolute atomic E-state index is 0.0958. The van der Waals surface area contributed by atoms with E-state index in [4.69, 9.17) is 16.3 Å². The molecule has 0 saturated heterocycles. The van der Waals surface area contributed by atoms with Gasteiger partial charge in [-0.25, -0.2) is 4.39 Å². The molecule has 1 aromatic heterocycles. The molecule has 88 valence electrons. The van der Waals surface area contributed by atoms with Crippen LogP contribution in [0.1, 0.15) is 5.56 Å². The minimum atomic E-state index is -0.447. The molecular formula is C12H8BrClFNO. The van der Waals surface area contributed by atoms with Crippen LogP contribution in [0.2, 0.25) is 5.02 Å². The number of aromatic nitrogens is 1. The molecule has 2 aromatic rings. The molecule has 17 heavy (non-hydrogen) atoms. The Morgan fingerprint density at radius 2 is 2.18 bits per heavy atom. The number of pyridine rings is 1. The Morgan fingerprint density at radius 1 is 1.35 bits per heavy atom. The molecule has 0 spiro atoms. The van der Waals surface area contributed by atoms with Crippen LogP contribution in [0.25, 0.3) is 0 Å². The lowest BCUT2D eigenvalue weighted by Crippen LogP contribution is -1.99. The maximum absolute atomic E-state index is 13.5. The van der Waals surface area contributed by atoms with Crippen molar-refractivity contribution in [1.29, 1.82) is 0 Å². The van der Waals surface area contributed by atoms with Crippen molar-refractivity contribution in [2.45, 2.75) is 6.61 Å². The lowest BCUT2D eigenvalue weighted by Gasteiger charge is -2.07. The molecule has 0 unspecified atom stereocenters. The van der Waals surface area contributed by atoms with Crippen LogP contribution in [0.5, 0.6) is 5.75 Å². The van der Waals surface area contributed by atoms with Crippen LogP contribution in [0.3, 0.4) is 0 Å². The average Bonchev–Trinajstić information content (AvgIpc) is 2.31. The van der Waals surface area contributed by atoms with Gasteiger partial charge in [0.25, 0.3) is 0 Å². The molecule has 2 nitrogen and oxygen atoms in total. The minimum Gasteiger partial charge on any atom is -0.487 e. The van der Waals surface area contributed by atoms with Crippen molar-refractivity contribution in [2.24, 2.45) is 0 Å². The molecule has 5 heteroatoms. The van der Waals surface area contributed by atoms with E-state index in [0.29, 0.717) is 11.3 Å². The average molecular weight is 317 g/mol. The zero-order valence-electron chi connectivity index (χ0n) is 8.66. The third-order valence-corrected chi connectivity index (χ3v) is 2.83. The first kappa shape index (κ1) is 12.3. The second-order valence-corrected chi connectivity index (χ2v) is 4.66. The van der Waals surface area contributed by atoms with Crippen LogP contribution < -0.4 is 4.74 Å². The Bertz CT molecular complexity index is 536. The number of ether oxygens (including phenoxy) is 1. The molecule has 0 aliphatic heterocycles. The predicted molar refractivity (Wildman–Crippen MR) is 67.7 cm³/mol. The maximum Gasteiger partial charge on any atom is 0.148 e. The molecule has 0 aliphatic carbocycles. The van der Waals surface area contributed by atoms with Crippen LogP contribution in [-0.2, 0) is 6.61 Å². The van der Waals surface area contributed by atoms with Crippen LogP contribution in [0.15, 0.2) is 41.1 Å². The van der Waals surface area contributed by atoms with Crippen LogP contribution in [0.4, 0.5) is 4.39 Å². The summed E-state index contributed by atoms with van der Waals surface area (Å²) in [6.45, 7) is 0.116. The van der Waals surface area contributed by atoms with Gasteiger partial charge in [-0.3, -0.25) is 4.98 Å². The summed E-state index contributed by atoms with van der Waals surface area (Å²) in [4.78, 5) is 3.94. The van der Waals surface area contributed by atoms with E-state index < -0.39 is 5.82 Å². The highest BCUT2D eigenvalue weighted by Crippen LogP contribution is 2.21. The zero-order valence-corrected chi connectivity index (χ0v) is 11.0. The van der Waals surface area contributed by atoms with Gasteiger partial charge >= 0.3 is 0 Å². The number of hydrogen-bond acceptors (Lipinski definition) is 2. The highest BCUT2D eigenvalue weighted by atomic mass is 79.9. The fraction of sp³-hybridized carbons (Fsp3) is 0.0833. The number of benzene rings is 1. The quantitative estimate of drug-likeness (QED) is 0.846. The summed E-state index contributed by atoms with van der Waals surface area (Å²) in [5.41, 5.74) is 0.414. The van der Waals surface area contributed by atoms with Gasteiger partial charge in [0.15, 0.2) is 0 Å². The molecule has 0 amide bonds. The van der Waals surface area contributed by atoms with Crippen LogP contribution >= 0.6 is 27.5 Å². The van der Waals surface area contributed by atoms with Gasteiger partial charge in [-0.05, 0) is 28.1 Å². The van der Waals surface area contributed by atoms with Crippen molar-refractivity contribution in [3.05, 3.63) is 57.5 Å². The van der Waals surface area contributed by atoms with E-state index in [1.54, 1.807) is 30.6 Å². The monoisotopic (exact) mass is 315 g/mol. The fourth-order valence-corrected chi connectivity index (χ4v) is 1.83. The Hall–Kier alpha value is -1.13. The second kappa shape index (κ2) is 5.47. The van der Waals surface area contributed by atoms with E-state index in [1.807, 2.05) is 0 Å². The first-order valence-corrected chi connectivity index (χ1v) is 6.00. The fourth-order valence-electron chi connectivity index (χ4n) is 1.29. The standard InChI is InChI=1S/C12H8BrClFNO/c13-9-4-10(6-16-5-9)17-7-8-2-1-3-11(14)12(8)15/h1-6H,7H2. The highest BCUT2D eigenvalue weighted by molar-refractivity contribution is 9.10. The Morgan fingerprint density at radius 3 is 2.94 bits per heavy atom. The summed E-state index contributed by atoms with van der Waals surface area (Å²) in [5, 5.41) is 0.0958. The van der Waals surface area contributed by atoms with Gasteiger partial charge < -0.3 is 4.74 Å². The zero-order chi connectivity index (χ0) is 12.3. The van der Waals surface area contributed by atoms with E-state index >= 15 is 0 Å². The Kier molecular flexibility index (Phi) is 3.97. The number of nitrogens with zero attached hydrogens (tertiary/aromatic N) is 1. The topological polar surface area (TPSA) is 22.1 Å². The summed E-state index contributed by atoms with van der Waals surface area (Å²) in [6.07, 6.45) is 3.21. The van der Waals surface area contributed by atoms with E-state index in [0.717, 1.165) is 4.47 Å². The van der Waals surface area contributed by atoms with Gasteiger partial charge in [-0.2, -0.15) is 0 Å². The van der Waals surface area contributed by atoms with E-state index in [1.165, 1.54) is 6.07 Å². The van der Waals surface area contributed by atoms with Crippen molar-refractivity contribution in [2.75, 3.05) is 0 Å². The van der Waals surface area contributed by atoms with Gasteiger partial charge in [0.2, 0.25) is 0 Å². The largest absolute Gasteiger partial charge is 0.487 e. The highest BCUT2D eigenvalue weighted by Gasteiger charge is 2.06. The molecule has 0 N–H and O–H groups in total. The summed E-state index contributed by atoms with van der Waals surface area (Å²) in [6, 6.07) is 6.58. The SMILES string of the molecule is Fc1c(Cl)cccc1COc1cncc(Br)c1. The Labute approximate surface area is 112 Å². The first-order valence-electron chi connectivity index (χ1n) is 4.83. The lowest BCUT2D eigenvalue weighted by atomic mass is 10.2. The van der Waals surface area contributed by atoms with Crippen molar-refractivity contribution in [3.8, 4) is 5.75 Å². The Balaban J connectivity index is 2.10. The molecule has 0 bridgehead atoms. The van der Waals surface area contributed by atoms with Gasteiger partial charge in [-0.1, -0.05) is 23.7 Å². The molecule has 0 aliphatic rings. The van der Waals surface area contributed by atoms with E-state index in [-0.39, 0.29) is 11.6 Å². The third kappa shape index (κ3) is 3.17. The summed E-state index contributed by atoms with van der Waals surface area (Å²) in [7, 11) is 0. The number of halogens is 3. The van der Waals surface area contributed by atoms with Crippen LogP contribution in [0, 0.1) is 5.82 Å². The predicted octanol–water partition coefficient (Wildman–Crippen LogP) is 4.22. The summed E-state index contributed by atoms with van der Waals surface area (Å²) < 4.78 is 19.8.